The van der Waals surface area contributed by atoms with E-state index in [9.17, 15) is 23.2 Å². The molecule has 4 saturated heterocycles. The third-order valence-electron chi connectivity index (χ3n) is 9.58. The first kappa shape index (κ1) is 40.8. The van der Waals surface area contributed by atoms with Gasteiger partial charge < -0.3 is 48.5 Å². The summed E-state index contributed by atoms with van der Waals surface area (Å²) in [6.45, 7) is 11.5. The van der Waals surface area contributed by atoms with Crippen LogP contribution in [0.2, 0.25) is 0 Å². The summed E-state index contributed by atoms with van der Waals surface area (Å²) < 4.78 is 106. The lowest BCUT2D eigenvalue weighted by Crippen LogP contribution is -2.54. The summed E-state index contributed by atoms with van der Waals surface area (Å²) in [6, 6.07) is 3.62. The van der Waals surface area contributed by atoms with E-state index < -0.39 is 132 Å². The molecule has 6 rings (SSSR count). The van der Waals surface area contributed by atoms with Crippen LogP contribution in [0.3, 0.4) is 0 Å². The number of hydrogen-bond donors (Lipinski definition) is 2. The van der Waals surface area contributed by atoms with E-state index in [1.807, 2.05) is 0 Å². The molecule has 0 radical (unpaired) electrons. The SMILES string of the molecule is COC(=O)C[C@H](NC(=O)C[C@@H](NC(=O)OC(C)(C)C)[C@H]1O[C@@H](c2ccc(F)cc2F)[C@H]2OC(C)(C)O[C@@H]12)[C@H]1O[C@@H](c2ccc(F)cc2F)[C@H]2OC(C)(C)O[C@@H]12. The number of benzene rings is 2. The van der Waals surface area contributed by atoms with Gasteiger partial charge in [0.2, 0.25) is 5.91 Å². The summed E-state index contributed by atoms with van der Waals surface area (Å²) in [7, 11) is 1.16. The molecule has 0 spiro atoms. The molecule has 0 saturated carbocycles. The average molecular weight is 783 g/mol. The van der Waals surface area contributed by atoms with Gasteiger partial charge in [0.15, 0.2) is 11.6 Å². The Kier molecular flexibility index (Phi) is 11.3. The number of hydrogen-bond acceptors (Lipinski definition) is 11. The van der Waals surface area contributed by atoms with Crippen LogP contribution < -0.4 is 10.6 Å². The monoisotopic (exact) mass is 782 g/mol. The van der Waals surface area contributed by atoms with E-state index in [2.05, 4.69) is 10.6 Å². The van der Waals surface area contributed by atoms with E-state index in [0.29, 0.717) is 12.1 Å². The molecule has 0 bridgehead atoms. The fourth-order valence-corrected chi connectivity index (χ4v) is 7.56. The molecule has 0 aromatic heterocycles. The molecule has 2 aromatic rings. The van der Waals surface area contributed by atoms with E-state index in [-0.39, 0.29) is 11.1 Å². The van der Waals surface area contributed by atoms with Crippen LogP contribution in [0.5, 0.6) is 0 Å². The Morgan fingerprint density at radius 2 is 1.15 bits per heavy atom. The highest BCUT2D eigenvalue weighted by Crippen LogP contribution is 2.48. The number of carbonyl (C=O) groups is 3. The minimum atomic E-state index is -1.21. The smallest absolute Gasteiger partial charge is 0.407 e. The maximum Gasteiger partial charge on any atom is 0.407 e. The molecule has 0 aliphatic carbocycles. The van der Waals surface area contributed by atoms with Crippen LogP contribution in [0.4, 0.5) is 22.4 Å². The van der Waals surface area contributed by atoms with Crippen molar-refractivity contribution in [2.45, 2.75) is 139 Å². The lowest BCUT2D eigenvalue weighted by atomic mass is 9.95. The van der Waals surface area contributed by atoms with Crippen LogP contribution in [-0.2, 0) is 47.5 Å². The van der Waals surface area contributed by atoms with E-state index in [1.165, 1.54) is 12.1 Å². The second-order valence-corrected chi connectivity index (χ2v) is 15.9. The van der Waals surface area contributed by atoms with E-state index in [1.54, 1.807) is 48.5 Å². The van der Waals surface area contributed by atoms with Crippen LogP contribution in [0.25, 0.3) is 0 Å². The Bertz CT molecular complexity index is 1790. The van der Waals surface area contributed by atoms with Gasteiger partial charge in [0.1, 0.15) is 77.7 Å². The predicted octanol–water partition coefficient (Wildman–Crippen LogP) is 5.19. The highest BCUT2D eigenvalue weighted by molar-refractivity contribution is 5.79. The summed E-state index contributed by atoms with van der Waals surface area (Å²) in [6.07, 6.45) is -10.1. The van der Waals surface area contributed by atoms with Gasteiger partial charge in [-0.3, -0.25) is 9.59 Å². The van der Waals surface area contributed by atoms with E-state index in [4.69, 9.17) is 37.9 Å². The molecule has 13 nitrogen and oxygen atoms in total. The number of amides is 2. The van der Waals surface area contributed by atoms with Gasteiger partial charge in [0.25, 0.3) is 0 Å². The second-order valence-electron chi connectivity index (χ2n) is 15.9. The molecular formula is C38H46F4N2O11. The van der Waals surface area contributed by atoms with Crippen molar-refractivity contribution in [3.63, 3.8) is 0 Å². The molecule has 17 heteroatoms. The Morgan fingerprint density at radius 1 is 0.709 bits per heavy atom. The molecular weight excluding hydrogens is 736 g/mol. The Balaban J connectivity index is 1.30. The first-order chi connectivity index (χ1) is 25.6. The maximum atomic E-state index is 15.2. The largest absolute Gasteiger partial charge is 0.469 e. The highest BCUT2D eigenvalue weighted by atomic mass is 19.1. The Morgan fingerprint density at radius 3 is 1.56 bits per heavy atom. The molecule has 4 heterocycles. The van der Waals surface area contributed by atoms with Crippen molar-refractivity contribution < 1.29 is 69.8 Å². The fourth-order valence-electron chi connectivity index (χ4n) is 7.56. The summed E-state index contributed by atoms with van der Waals surface area (Å²) in [4.78, 5) is 40.1. The number of ether oxygens (including phenoxy) is 8. The topological polar surface area (TPSA) is 149 Å². The minimum absolute atomic E-state index is 0.0215. The van der Waals surface area contributed by atoms with Crippen molar-refractivity contribution in [2.75, 3.05) is 7.11 Å². The molecule has 55 heavy (non-hydrogen) atoms. The summed E-state index contributed by atoms with van der Waals surface area (Å²) in [5, 5.41) is 5.48. The van der Waals surface area contributed by atoms with Gasteiger partial charge in [0.05, 0.1) is 25.6 Å². The van der Waals surface area contributed by atoms with Crippen LogP contribution in [-0.4, -0.2) is 91.0 Å². The Hall–Kier alpha value is -3.87. The number of fused-ring (bicyclic) bond motifs is 2. The second kappa shape index (κ2) is 15.2. The molecule has 10 atom stereocenters. The predicted molar refractivity (Wildman–Crippen MR) is 182 cm³/mol. The van der Waals surface area contributed by atoms with Crippen molar-refractivity contribution in [2.24, 2.45) is 0 Å². The first-order valence-corrected chi connectivity index (χ1v) is 17.9. The quantitative estimate of drug-likeness (QED) is 0.242. The van der Waals surface area contributed by atoms with Gasteiger partial charge in [0, 0.05) is 29.7 Å². The number of alkyl carbamates (subject to hydrolysis) is 1. The van der Waals surface area contributed by atoms with Gasteiger partial charge in [-0.05, 0) is 60.6 Å². The zero-order chi connectivity index (χ0) is 40.2. The number of rotatable bonds is 10. The number of methoxy groups -OCH3 is 1. The normalized spacial score (nSPS) is 30.3. The van der Waals surface area contributed by atoms with Gasteiger partial charge in [-0.1, -0.05) is 12.1 Å². The van der Waals surface area contributed by atoms with Crippen molar-refractivity contribution in [3.05, 3.63) is 70.8 Å². The third-order valence-corrected chi connectivity index (χ3v) is 9.58. The van der Waals surface area contributed by atoms with Crippen molar-refractivity contribution in [3.8, 4) is 0 Å². The molecule has 2 N–H and O–H groups in total. The van der Waals surface area contributed by atoms with Crippen molar-refractivity contribution in [1.82, 2.24) is 10.6 Å². The lowest BCUT2D eigenvalue weighted by molar-refractivity contribution is -0.192. The maximum absolute atomic E-state index is 15.2. The number of halogens is 4. The lowest BCUT2D eigenvalue weighted by Gasteiger charge is -2.32. The van der Waals surface area contributed by atoms with Gasteiger partial charge in [-0.2, -0.15) is 0 Å². The standard InChI is InChI=1S/C38H46F4N2O11/c1-36(2,3)55-35(47)44-23(29-33-31(51-37(4,5)53-33)27(49-29)19-11-9-17(39)13-21(19)41)15-25(45)43-24(16-26(46)48-8)30-34-32(52-38(6,7)54-34)28(50-30)20-12-10-18(40)14-22(20)42/h9-14,23-24,27-34H,15-16H2,1-8H3,(H,43,45)(H,44,47)/t23-,24+,27+,28+,29-,30-,31-,32-,33+,34+/m1/s1. The molecule has 2 aromatic carbocycles. The van der Waals surface area contributed by atoms with E-state index >= 15 is 8.78 Å². The Labute approximate surface area is 315 Å². The van der Waals surface area contributed by atoms with Gasteiger partial charge in [-0.15, -0.1) is 0 Å². The molecule has 0 unspecified atom stereocenters. The average Bonchev–Trinajstić information content (AvgIpc) is 3.75. The summed E-state index contributed by atoms with van der Waals surface area (Å²) in [5.41, 5.74) is -0.989. The minimum Gasteiger partial charge on any atom is -0.469 e. The fraction of sp³-hybridized carbons (Fsp3) is 0.605. The number of nitrogens with one attached hydrogen (secondary N) is 2. The van der Waals surface area contributed by atoms with E-state index in [0.717, 1.165) is 19.2 Å². The first-order valence-electron chi connectivity index (χ1n) is 17.9. The van der Waals surface area contributed by atoms with Crippen LogP contribution in [0.1, 0.15) is 84.6 Å². The highest BCUT2D eigenvalue weighted by Gasteiger charge is 2.60. The van der Waals surface area contributed by atoms with Crippen LogP contribution >= 0.6 is 0 Å². The zero-order valence-electron chi connectivity index (χ0n) is 31.7. The molecule has 302 valence electrons. The number of carbonyl (C=O) groups excluding carboxylic acids is 3. The van der Waals surface area contributed by atoms with Crippen LogP contribution in [0, 0.1) is 23.3 Å². The third kappa shape index (κ3) is 9.07. The molecule has 4 aliphatic heterocycles. The van der Waals surface area contributed by atoms with Crippen LogP contribution in [0.15, 0.2) is 36.4 Å². The van der Waals surface area contributed by atoms with Gasteiger partial charge >= 0.3 is 12.1 Å². The molecule has 2 amide bonds. The van der Waals surface area contributed by atoms with Crippen molar-refractivity contribution >= 4 is 18.0 Å². The summed E-state index contributed by atoms with van der Waals surface area (Å²) >= 11 is 0. The van der Waals surface area contributed by atoms with Crippen molar-refractivity contribution in [1.29, 1.82) is 0 Å². The molecule has 4 fully saturated rings. The summed E-state index contributed by atoms with van der Waals surface area (Å²) in [5.74, 6) is -7.21. The van der Waals surface area contributed by atoms with Gasteiger partial charge in [-0.25, -0.2) is 22.4 Å². The number of esters is 1. The zero-order valence-corrected chi connectivity index (χ0v) is 31.7. The molecule has 4 aliphatic rings.